The zero-order valence-electron chi connectivity index (χ0n) is 6.08. The molecule has 0 aromatic carbocycles. The van der Waals surface area contributed by atoms with Crippen molar-refractivity contribution in [2.75, 3.05) is 0 Å². The number of aromatic nitrogens is 2. The van der Waals surface area contributed by atoms with E-state index >= 15 is 0 Å². The van der Waals surface area contributed by atoms with Crippen molar-refractivity contribution in [3.63, 3.8) is 0 Å². The molecule has 2 aromatic rings. The number of imidazole rings is 1. The van der Waals surface area contributed by atoms with Gasteiger partial charge in [-0.05, 0) is 47.2 Å². The molecule has 0 unspecified atom stereocenters. The smallest absolute Gasteiger partial charge is 0.137 e. The average Bonchev–Trinajstić information content (AvgIpc) is 2.32. The van der Waals surface area contributed by atoms with Crippen LogP contribution in [-0.2, 0) is 0 Å². The maximum absolute atomic E-state index is 4.23. The third-order valence-corrected chi connectivity index (χ3v) is 2.42. The molecule has 11 heavy (non-hydrogen) atoms. The third kappa shape index (κ3) is 1.13. The Kier molecular flexibility index (Phi) is 1.60. The molecule has 0 aliphatic carbocycles. The second-order valence-corrected chi connectivity index (χ2v) is 3.62. The molecule has 0 aliphatic rings. The highest BCUT2D eigenvalue weighted by Crippen LogP contribution is 2.09. The lowest BCUT2D eigenvalue weighted by atomic mass is 10.3. The zero-order chi connectivity index (χ0) is 7.84. The van der Waals surface area contributed by atoms with E-state index in [2.05, 4.69) is 51.0 Å². The number of aryl methyl sites for hydroxylation is 1. The van der Waals surface area contributed by atoms with Crippen LogP contribution < -0.4 is 0 Å². The predicted octanol–water partition coefficient (Wildman–Crippen LogP) is 2.25. The fraction of sp³-hybridized carbons (Fsp3) is 0.125. The van der Waals surface area contributed by atoms with Gasteiger partial charge in [0.25, 0.3) is 0 Å². The lowest BCUT2D eigenvalue weighted by Gasteiger charge is -1.94. The van der Waals surface area contributed by atoms with Gasteiger partial charge in [0.1, 0.15) is 9.35 Å². The maximum Gasteiger partial charge on any atom is 0.137 e. The van der Waals surface area contributed by atoms with Gasteiger partial charge in [0.05, 0.1) is 6.20 Å². The molecule has 0 bridgehead atoms. The summed E-state index contributed by atoms with van der Waals surface area (Å²) in [5.41, 5.74) is 2.27. The third-order valence-electron chi connectivity index (χ3n) is 1.62. The summed E-state index contributed by atoms with van der Waals surface area (Å²) in [6.07, 6.45) is 3.91. The van der Waals surface area contributed by atoms with Gasteiger partial charge in [0.2, 0.25) is 0 Å². The first kappa shape index (κ1) is 7.09. The summed E-state index contributed by atoms with van der Waals surface area (Å²) in [5, 5.41) is 0. The van der Waals surface area contributed by atoms with Crippen LogP contribution >= 0.6 is 22.6 Å². The second kappa shape index (κ2) is 2.48. The van der Waals surface area contributed by atoms with Crippen LogP contribution in [0.1, 0.15) is 5.56 Å². The first-order valence-corrected chi connectivity index (χ1v) is 4.44. The zero-order valence-corrected chi connectivity index (χ0v) is 8.24. The highest BCUT2D eigenvalue weighted by molar-refractivity contribution is 14.1. The highest BCUT2D eigenvalue weighted by atomic mass is 127. The van der Waals surface area contributed by atoms with Gasteiger partial charge in [-0.2, -0.15) is 0 Å². The molecule has 0 fully saturated rings. The minimum atomic E-state index is 1.02. The van der Waals surface area contributed by atoms with Crippen molar-refractivity contribution in [3.8, 4) is 0 Å². The van der Waals surface area contributed by atoms with Gasteiger partial charge in [-0.1, -0.05) is 0 Å². The number of pyridine rings is 1. The van der Waals surface area contributed by atoms with Gasteiger partial charge < -0.3 is 0 Å². The molecule has 2 rings (SSSR count). The summed E-state index contributed by atoms with van der Waals surface area (Å²) >= 11 is 2.27. The molecule has 2 heterocycles. The van der Waals surface area contributed by atoms with E-state index in [1.165, 1.54) is 5.56 Å². The minimum absolute atomic E-state index is 1.02. The number of hydrogen-bond acceptors (Lipinski definition) is 1. The van der Waals surface area contributed by atoms with Crippen LogP contribution in [0.15, 0.2) is 24.5 Å². The van der Waals surface area contributed by atoms with E-state index in [1.807, 2.05) is 12.4 Å². The van der Waals surface area contributed by atoms with E-state index in [0.717, 1.165) is 9.35 Å². The van der Waals surface area contributed by atoms with E-state index in [0.29, 0.717) is 0 Å². The number of halogens is 1. The Hall–Kier alpha value is -0.580. The van der Waals surface area contributed by atoms with Crippen molar-refractivity contribution in [1.82, 2.24) is 9.38 Å². The summed E-state index contributed by atoms with van der Waals surface area (Å²) in [6, 6.07) is 4.15. The van der Waals surface area contributed by atoms with Crippen LogP contribution in [-0.4, -0.2) is 9.38 Å². The number of rotatable bonds is 0. The van der Waals surface area contributed by atoms with Gasteiger partial charge in [-0.25, -0.2) is 4.98 Å². The SMILES string of the molecule is Cc1ccn2c(I)cnc2c1. The first-order valence-electron chi connectivity index (χ1n) is 3.36. The van der Waals surface area contributed by atoms with Crippen LogP contribution in [0, 0.1) is 10.6 Å². The standard InChI is InChI=1S/C8H7IN2/c1-6-2-3-11-7(9)5-10-8(11)4-6/h2-5H,1H3. The van der Waals surface area contributed by atoms with Crippen LogP contribution in [0.5, 0.6) is 0 Å². The van der Waals surface area contributed by atoms with E-state index < -0.39 is 0 Å². The van der Waals surface area contributed by atoms with Gasteiger partial charge in [-0.15, -0.1) is 0 Å². The predicted molar refractivity (Wildman–Crippen MR) is 52.6 cm³/mol. The lowest BCUT2D eigenvalue weighted by molar-refractivity contribution is 1.14. The van der Waals surface area contributed by atoms with Crippen molar-refractivity contribution in [2.24, 2.45) is 0 Å². The molecule has 0 N–H and O–H groups in total. The molecule has 3 heteroatoms. The van der Waals surface area contributed by atoms with Gasteiger partial charge >= 0.3 is 0 Å². The van der Waals surface area contributed by atoms with E-state index in [9.17, 15) is 0 Å². The van der Waals surface area contributed by atoms with Crippen LogP contribution in [0.3, 0.4) is 0 Å². The Labute approximate surface area is 78.4 Å². The topological polar surface area (TPSA) is 17.3 Å². The monoisotopic (exact) mass is 258 g/mol. The Bertz CT molecular complexity index is 392. The molecule has 0 atom stereocenters. The maximum atomic E-state index is 4.23. The summed E-state index contributed by atoms with van der Waals surface area (Å²) in [5.74, 6) is 0. The fourth-order valence-electron chi connectivity index (χ4n) is 1.05. The average molecular weight is 258 g/mol. The molecule has 2 nitrogen and oxygen atoms in total. The molecule has 0 saturated heterocycles. The first-order chi connectivity index (χ1) is 5.27. The molecule has 0 radical (unpaired) electrons. The summed E-state index contributed by atoms with van der Waals surface area (Å²) in [4.78, 5) is 4.23. The molecule has 0 saturated carbocycles. The van der Waals surface area contributed by atoms with Crippen molar-refractivity contribution in [3.05, 3.63) is 33.8 Å². The van der Waals surface area contributed by atoms with Crippen LogP contribution in [0.4, 0.5) is 0 Å². The summed E-state index contributed by atoms with van der Waals surface area (Å²) in [7, 11) is 0. The highest BCUT2D eigenvalue weighted by Gasteiger charge is 1.97. The number of hydrogen-bond donors (Lipinski definition) is 0. The lowest BCUT2D eigenvalue weighted by Crippen LogP contribution is -1.85. The molecule has 0 amide bonds. The van der Waals surface area contributed by atoms with Gasteiger partial charge in [0.15, 0.2) is 0 Å². The Morgan fingerprint density at radius 3 is 3.18 bits per heavy atom. The van der Waals surface area contributed by atoms with Crippen molar-refractivity contribution < 1.29 is 0 Å². The molecule has 56 valence electrons. The Morgan fingerprint density at radius 1 is 1.55 bits per heavy atom. The second-order valence-electron chi connectivity index (χ2n) is 2.51. The van der Waals surface area contributed by atoms with E-state index in [-0.39, 0.29) is 0 Å². The van der Waals surface area contributed by atoms with Crippen molar-refractivity contribution in [2.45, 2.75) is 6.92 Å². The normalized spacial score (nSPS) is 10.7. The molecule has 0 spiro atoms. The fourth-order valence-corrected chi connectivity index (χ4v) is 1.60. The van der Waals surface area contributed by atoms with Gasteiger partial charge in [-0.3, -0.25) is 4.40 Å². The molecule has 0 aliphatic heterocycles. The number of fused-ring (bicyclic) bond motifs is 1. The quantitative estimate of drug-likeness (QED) is 0.662. The minimum Gasteiger partial charge on any atom is -0.295 e. The molecular weight excluding hydrogens is 251 g/mol. The molecule has 2 aromatic heterocycles. The van der Waals surface area contributed by atoms with Crippen LogP contribution in [0.2, 0.25) is 0 Å². The van der Waals surface area contributed by atoms with Crippen molar-refractivity contribution in [1.29, 1.82) is 0 Å². The van der Waals surface area contributed by atoms with Gasteiger partial charge in [0, 0.05) is 6.20 Å². The largest absolute Gasteiger partial charge is 0.295 e. The van der Waals surface area contributed by atoms with Crippen LogP contribution in [0.25, 0.3) is 5.65 Å². The van der Waals surface area contributed by atoms with E-state index in [4.69, 9.17) is 0 Å². The molecular formula is C8H7IN2. The van der Waals surface area contributed by atoms with Crippen molar-refractivity contribution >= 4 is 28.2 Å². The Balaban J connectivity index is 2.86. The van der Waals surface area contributed by atoms with E-state index in [1.54, 1.807) is 0 Å². The number of nitrogens with zero attached hydrogens (tertiary/aromatic N) is 2. The Morgan fingerprint density at radius 2 is 2.36 bits per heavy atom. The summed E-state index contributed by atoms with van der Waals surface area (Å²) < 4.78 is 3.21. The summed E-state index contributed by atoms with van der Waals surface area (Å²) in [6.45, 7) is 2.07.